The van der Waals surface area contributed by atoms with E-state index in [4.69, 9.17) is 0 Å². The number of carbonyl (C=O) groups is 2. The summed E-state index contributed by atoms with van der Waals surface area (Å²) < 4.78 is 0. The van der Waals surface area contributed by atoms with Crippen molar-refractivity contribution in [2.24, 2.45) is 0 Å². The van der Waals surface area contributed by atoms with Crippen LogP contribution in [0, 0.1) is 0 Å². The smallest absolute Gasteiger partial charge is 0.247 e. The van der Waals surface area contributed by atoms with Crippen LogP contribution in [0.2, 0.25) is 0 Å². The molecule has 0 saturated carbocycles. The summed E-state index contributed by atoms with van der Waals surface area (Å²) in [4.78, 5) is 23.8. The van der Waals surface area contributed by atoms with Gasteiger partial charge >= 0.3 is 0 Å². The number of allylic oxidation sites excluding steroid dienone is 1. The molecule has 0 aromatic carbocycles. The maximum atomic E-state index is 11.9. The van der Waals surface area contributed by atoms with E-state index in [1.54, 1.807) is 0 Å². The van der Waals surface area contributed by atoms with Gasteiger partial charge in [-0.2, -0.15) is 0 Å². The Kier molecular flexibility index (Phi) is 3.75. The van der Waals surface area contributed by atoms with Crippen molar-refractivity contribution in [3.8, 4) is 0 Å². The van der Waals surface area contributed by atoms with E-state index < -0.39 is 0 Å². The maximum absolute atomic E-state index is 11.9. The Morgan fingerprint density at radius 2 is 1.38 bits per heavy atom. The highest BCUT2D eigenvalue weighted by Gasteiger charge is 2.23. The van der Waals surface area contributed by atoms with Crippen molar-refractivity contribution in [1.29, 1.82) is 0 Å². The molecule has 0 fully saturated rings. The summed E-state index contributed by atoms with van der Waals surface area (Å²) in [5.74, 6) is 0.193. The monoisotopic (exact) mass is 221 g/mol. The van der Waals surface area contributed by atoms with E-state index in [9.17, 15) is 9.59 Å². The van der Waals surface area contributed by atoms with Gasteiger partial charge in [-0.25, -0.2) is 0 Å². The lowest BCUT2D eigenvalue weighted by atomic mass is 9.95. The molecule has 0 radical (unpaired) electrons. The summed E-state index contributed by atoms with van der Waals surface area (Å²) in [6, 6.07) is 0. The second-order valence-electron chi connectivity index (χ2n) is 4.65. The van der Waals surface area contributed by atoms with E-state index in [1.165, 1.54) is 19.3 Å². The topological polar surface area (TPSA) is 46.2 Å². The molecule has 0 spiro atoms. The zero-order valence-electron chi connectivity index (χ0n) is 9.68. The fourth-order valence-electron chi connectivity index (χ4n) is 2.54. The number of hydrogen-bond donors (Lipinski definition) is 1. The fourth-order valence-corrected chi connectivity index (χ4v) is 2.54. The van der Waals surface area contributed by atoms with Gasteiger partial charge in [-0.3, -0.25) is 9.59 Å². The number of nitrogens with one attached hydrogen (secondary N) is 1. The van der Waals surface area contributed by atoms with E-state index in [-0.39, 0.29) is 11.7 Å². The minimum atomic E-state index is 0.00255. The summed E-state index contributed by atoms with van der Waals surface area (Å²) in [6.07, 6.45) is 7.76. The number of carbonyl (C=O) groups excluding carboxylic acids is 2. The van der Waals surface area contributed by atoms with E-state index in [0.717, 1.165) is 36.8 Å². The molecule has 0 atom stereocenters. The van der Waals surface area contributed by atoms with Gasteiger partial charge in [-0.1, -0.05) is 19.3 Å². The van der Waals surface area contributed by atoms with Crippen LogP contribution in [-0.2, 0) is 9.59 Å². The number of Topliss-reactive ketones (excluding diaryl/α,β-unsaturated/α-hetero) is 1. The lowest BCUT2D eigenvalue weighted by Gasteiger charge is -2.08. The van der Waals surface area contributed by atoms with Crippen LogP contribution < -0.4 is 5.32 Å². The molecule has 1 heterocycles. The first-order valence-corrected chi connectivity index (χ1v) is 6.32. The second kappa shape index (κ2) is 5.28. The predicted octanol–water partition coefficient (Wildman–Crippen LogP) is 2.12. The summed E-state index contributed by atoms with van der Waals surface area (Å²) in [6.45, 7) is 0.505. The van der Waals surface area contributed by atoms with Crippen LogP contribution in [0.15, 0.2) is 11.1 Å². The predicted molar refractivity (Wildman–Crippen MR) is 62.0 cm³/mol. The van der Waals surface area contributed by atoms with Crippen molar-refractivity contribution in [2.45, 2.75) is 51.4 Å². The molecule has 1 aliphatic heterocycles. The molecule has 2 rings (SSSR count). The number of ketones is 1. The first-order chi connectivity index (χ1) is 7.79. The molecule has 3 nitrogen and oxygen atoms in total. The van der Waals surface area contributed by atoms with Gasteiger partial charge in [0.05, 0.1) is 0 Å². The van der Waals surface area contributed by atoms with E-state index >= 15 is 0 Å². The zero-order valence-corrected chi connectivity index (χ0v) is 9.68. The Balaban J connectivity index is 2.27. The molecule has 3 heteroatoms. The van der Waals surface area contributed by atoms with Crippen molar-refractivity contribution in [3.63, 3.8) is 0 Å². The van der Waals surface area contributed by atoms with Gasteiger partial charge in [0.1, 0.15) is 0 Å². The zero-order chi connectivity index (χ0) is 11.4. The Labute approximate surface area is 96.3 Å². The normalized spacial score (nSPS) is 23.8. The SMILES string of the molecule is O=C1CCNC(=O)C2=C1CCCCCCC2. The average Bonchev–Trinajstić information content (AvgIpc) is 2.39. The van der Waals surface area contributed by atoms with Crippen LogP contribution in [-0.4, -0.2) is 18.2 Å². The summed E-state index contributed by atoms with van der Waals surface area (Å²) in [5.41, 5.74) is 1.61. The number of rotatable bonds is 0. The van der Waals surface area contributed by atoms with Gasteiger partial charge in [0.2, 0.25) is 5.91 Å². The van der Waals surface area contributed by atoms with E-state index in [1.807, 2.05) is 0 Å². The first kappa shape index (κ1) is 11.4. The van der Waals surface area contributed by atoms with Crippen molar-refractivity contribution in [2.75, 3.05) is 6.54 Å². The molecule has 0 aromatic rings. The average molecular weight is 221 g/mol. The highest BCUT2D eigenvalue weighted by atomic mass is 16.2. The second-order valence-corrected chi connectivity index (χ2v) is 4.65. The van der Waals surface area contributed by atoms with Crippen LogP contribution in [0.4, 0.5) is 0 Å². The lowest BCUT2D eigenvalue weighted by molar-refractivity contribution is -0.117. The van der Waals surface area contributed by atoms with Gasteiger partial charge in [0.25, 0.3) is 0 Å². The molecule has 1 aliphatic carbocycles. The summed E-state index contributed by atoms with van der Waals surface area (Å²) in [7, 11) is 0. The van der Waals surface area contributed by atoms with Gasteiger partial charge in [-0.05, 0) is 25.7 Å². The first-order valence-electron chi connectivity index (χ1n) is 6.32. The number of amides is 1. The largest absolute Gasteiger partial charge is 0.352 e. The molecule has 1 N–H and O–H groups in total. The highest BCUT2D eigenvalue weighted by Crippen LogP contribution is 2.25. The molecule has 88 valence electrons. The standard InChI is InChI=1S/C13H19NO2/c15-12-8-9-14-13(16)11-7-5-3-1-2-4-6-10(11)12/h1-9H2,(H,14,16). The van der Waals surface area contributed by atoms with Crippen LogP contribution in [0.25, 0.3) is 0 Å². The molecule has 0 aromatic heterocycles. The van der Waals surface area contributed by atoms with Crippen LogP contribution in [0.1, 0.15) is 51.4 Å². The molecular weight excluding hydrogens is 202 g/mol. The molecule has 1 amide bonds. The molecule has 0 unspecified atom stereocenters. The molecular formula is C13H19NO2. The highest BCUT2D eigenvalue weighted by molar-refractivity contribution is 6.07. The summed E-state index contributed by atoms with van der Waals surface area (Å²) >= 11 is 0. The quantitative estimate of drug-likeness (QED) is 0.681. The van der Waals surface area contributed by atoms with Gasteiger partial charge < -0.3 is 5.32 Å². The van der Waals surface area contributed by atoms with Crippen molar-refractivity contribution in [1.82, 2.24) is 5.32 Å². The summed E-state index contributed by atoms with van der Waals surface area (Å²) in [5, 5.41) is 2.83. The minimum absolute atomic E-state index is 0.00255. The van der Waals surface area contributed by atoms with Gasteiger partial charge in [-0.15, -0.1) is 0 Å². The maximum Gasteiger partial charge on any atom is 0.247 e. The Hall–Kier alpha value is -1.12. The molecule has 0 bridgehead atoms. The van der Waals surface area contributed by atoms with Crippen LogP contribution >= 0.6 is 0 Å². The molecule has 2 aliphatic rings. The Morgan fingerprint density at radius 3 is 2.12 bits per heavy atom. The molecule has 0 saturated heterocycles. The Bertz CT molecular complexity index is 301. The van der Waals surface area contributed by atoms with Gasteiger partial charge in [0.15, 0.2) is 5.78 Å². The third-order valence-corrected chi connectivity index (χ3v) is 3.47. The Morgan fingerprint density at radius 1 is 0.750 bits per heavy atom. The van der Waals surface area contributed by atoms with Crippen LogP contribution in [0.5, 0.6) is 0 Å². The lowest BCUT2D eigenvalue weighted by Crippen LogP contribution is -2.24. The van der Waals surface area contributed by atoms with E-state index in [2.05, 4.69) is 5.32 Å². The van der Waals surface area contributed by atoms with Crippen molar-refractivity contribution >= 4 is 11.7 Å². The van der Waals surface area contributed by atoms with Gasteiger partial charge in [0, 0.05) is 24.1 Å². The number of hydrogen-bond acceptors (Lipinski definition) is 2. The molecule has 16 heavy (non-hydrogen) atoms. The van der Waals surface area contributed by atoms with Crippen LogP contribution in [0.3, 0.4) is 0 Å². The third kappa shape index (κ3) is 2.52. The van der Waals surface area contributed by atoms with Crippen molar-refractivity contribution in [3.05, 3.63) is 11.1 Å². The van der Waals surface area contributed by atoms with E-state index in [0.29, 0.717) is 13.0 Å². The minimum Gasteiger partial charge on any atom is -0.352 e. The van der Waals surface area contributed by atoms with Crippen molar-refractivity contribution < 1.29 is 9.59 Å². The third-order valence-electron chi connectivity index (χ3n) is 3.47. The fraction of sp³-hybridized carbons (Fsp3) is 0.692.